The third-order valence-electron chi connectivity index (χ3n) is 5.76. The minimum absolute atomic E-state index is 0.829. The predicted molar refractivity (Wildman–Crippen MR) is 74.5 cm³/mol. The lowest BCUT2D eigenvalue weighted by Gasteiger charge is -2.28. The first-order valence-electron chi connectivity index (χ1n) is 8.34. The average Bonchev–Trinajstić information content (AvgIpc) is 3.25. The maximum atomic E-state index is 3.83. The van der Waals surface area contributed by atoms with E-state index in [0.29, 0.717) is 0 Å². The Morgan fingerprint density at radius 2 is 1.56 bits per heavy atom. The number of rotatable bonds is 6. The lowest BCUT2D eigenvalue weighted by molar-refractivity contribution is 0.210. The summed E-state index contributed by atoms with van der Waals surface area (Å²) < 4.78 is 0. The van der Waals surface area contributed by atoms with Crippen LogP contribution in [0.2, 0.25) is 0 Å². The smallest absolute Gasteiger partial charge is 0.0226 e. The highest BCUT2D eigenvalue weighted by Gasteiger charge is 2.40. The van der Waals surface area contributed by atoms with Gasteiger partial charge in [0.2, 0.25) is 0 Å². The fraction of sp³-hybridized carbons (Fsp3) is 1.00. The molecule has 1 N–H and O–H groups in total. The fourth-order valence-corrected chi connectivity index (χ4v) is 4.34. The molecule has 1 aliphatic heterocycles. The standard InChI is InChI=1S/C16H28N2/c1-2-14-8-17-16(15(14)3-1)11-18(9-12-4-5-12)10-13-6-7-13/h12-17H,1-11H2. The highest BCUT2D eigenvalue weighted by atomic mass is 15.2. The molecule has 3 unspecified atom stereocenters. The summed E-state index contributed by atoms with van der Waals surface area (Å²) in [6, 6.07) is 0.829. The quantitative estimate of drug-likeness (QED) is 0.777. The summed E-state index contributed by atoms with van der Waals surface area (Å²) in [7, 11) is 0. The molecule has 0 bridgehead atoms. The van der Waals surface area contributed by atoms with E-state index < -0.39 is 0 Å². The highest BCUT2D eigenvalue weighted by molar-refractivity contribution is 4.96. The van der Waals surface area contributed by atoms with Gasteiger partial charge in [0.15, 0.2) is 0 Å². The molecule has 0 radical (unpaired) electrons. The Kier molecular flexibility index (Phi) is 3.12. The van der Waals surface area contributed by atoms with Crippen molar-refractivity contribution >= 4 is 0 Å². The summed E-state index contributed by atoms with van der Waals surface area (Å²) in [6.07, 6.45) is 10.5. The van der Waals surface area contributed by atoms with Crippen LogP contribution in [-0.4, -0.2) is 37.1 Å². The fourth-order valence-electron chi connectivity index (χ4n) is 4.34. The van der Waals surface area contributed by atoms with Crippen LogP contribution in [0.25, 0.3) is 0 Å². The van der Waals surface area contributed by atoms with Crippen molar-refractivity contribution in [3.05, 3.63) is 0 Å². The van der Waals surface area contributed by atoms with Gasteiger partial charge in [-0.15, -0.1) is 0 Å². The zero-order valence-corrected chi connectivity index (χ0v) is 11.6. The first-order valence-corrected chi connectivity index (χ1v) is 8.34. The van der Waals surface area contributed by atoms with E-state index in [-0.39, 0.29) is 0 Å². The van der Waals surface area contributed by atoms with E-state index in [9.17, 15) is 0 Å². The zero-order valence-electron chi connectivity index (χ0n) is 11.6. The molecule has 1 heterocycles. The van der Waals surface area contributed by atoms with Gasteiger partial charge in [-0.3, -0.25) is 0 Å². The van der Waals surface area contributed by atoms with Gasteiger partial charge >= 0.3 is 0 Å². The van der Waals surface area contributed by atoms with Crippen molar-refractivity contribution in [3.8, 4) is 0 Å². The Morgan fingerprint density at radius 1 is 0.833 bits per heavy atom. The van der Waals surface area contributed by atoms with Gasteiger partial charge in [-0.05, 0) is 68.7 Å². The Balaban J connectivity index is 1.34. The maximum Gasteiger partial charge on any atom is 0.0226 e. The molecule has 4 fully saturated rings. The maximum absolute atomic E-state index is 3.83. The lowest BCUT2D eigenvalue weighted by atomic mass is 9.93. The summed E-state index contributed by atoms with van der Waals surface area (Å²) in [5.41, 5.74) is 0. The van der Waals surface area contributed by atoms with Crippen LogP contribution >= 0.6 is 0 Å². The predicted octanol–water partition coefficient (Wildman–Crippen LogP) is 2.50. The topological polar surface area (TPSA) is 15.3 Å². The second-order valence-corrected chi connectivity index (χ2v) is 7.47. The second-order valence-electron chi connectivity index (χ2n) is 7.47. The molecule has 0 amide bonds. The van der Waals surface area contributed by atoms with Crippen molar-refractivity contribution < 1.29 is 0 Å². The molecule has 18 heavy (non-hydrogen) atoms. The van der Waals surface area contributed by atoms with Crippen molar-refractivity contribution in [3.63, 3.8) is 0 Å². The minimum Gasteiger partial charge on any atom is -0.312 e. The summed E-state index contributed by atoms with van der Waals surface area (Å²) in [5, 5.41) is 3.83. The Hall–Kier alpha value is -0.0800. The molecular weight excluding hydrogens is 220 g/mol. The summed E-state index contributed by atoms with van der Waals surface area (Å²) in [5.74, 6) is 4.17. The van der Waals surface area contributed by atoms with Crippen LogP contribution in [0.5, 0.6) is 0 Å². The average molecular weight is 248 g/mol. The van der Waals surface area contributed by atoms with E-state index in [2.05, 4.69) is 10.2 Å². The molecule has 4 aliphatic rings. The molecule has 2 heteroatoms. The van der Waals surface area contributed by atoms with Gasteiger partial charge in [-0.1, -0.05) is 6.42 Å². The lowest BCUT2D eigenvalue weighted by Crippen LogP contribution is -2.42. The van der Waals surface area contributed by atoms with Gasteiger partial charge in [0.25, 0.3) is 0 Å². The number of nitrogens with one attached hydrogen (secondary N) is 1. The zero-order chi connectivity index (χ0) is 11.9. The van der Waals surface area contributed by atoms with Crippen molar-refractivity contribution in [2.45, 2.75) is 51.0 Å². The van der Waals surface area contributed by atoms with E-state index in [4.69, 9.17) is 0 Å². The number of fused-ring (bicyclic) bond motifs is 1. The van der Waals surface area contributed by atoms with Crippen LogP contribution < -0.4 is 5.32 Å². The molecule has 3 atom stereocenters. The molecule has 0 aromatic heterocycles. The van der Waals surface area contributed by atoms with Gasteiger partial charge in [0.1, 0.15) is 0 Å². The molecule has 0 spiro atoms. The van der Waals surface area contributed by atoms with E-state index in [1.54, 1.807) is 0 Å². The third kappa shape index (κ3) is 2.60. The normalized spacial score (nSPS) is 39.5. The van der Waals surface area contributed by atoms with E-state index in [0.717, 1.165) is 29.7 Å². The van der Waals surface area contributed by atoms with E-state index >= 15 is 0 Å². The Bertz CT molecular complexity index is 281. The van der Waals surface area contributed by atoms with Crippen molar-refractivity contribution in [1.29, 1.82) is 0 Å². The van der Waals surface area contributed by atoms with Crippen molar-refractivity contribution in [2.75, 3.05) is 26.2 Å². The summed E-state index contributed by atoms with van der Waals surface area (Å²) in [6.45, 7) is 5.49. The summed E-state index contributed by atoms with van der Waals surface area (Å²) >= 11 is 0. The Morgan fingerprint density at radius 3 is 2.22 bits per heavy atom. The summed E-state index contributed by atoms with van der Waals surface area (Å²) in [4.78, 5) is 2.83. The minimum atomic E-state index is 0.829. The van der Waals surface area contributed by atoms with Gasteiger partial charge in [-0.2, -0.15) is 0 Å². The van der Waals surface area contributed by atoms with Gasteiger partial charge < -0.3 is 10.2 Å². The van der Waals surface area contributed by atoms with Crippen LogP contribution in [0.1, 0.15) is 44.9 Å². The molecule has 0 aromatic carbocycles. The van der Waals surface area contributed by atoms with Crippen molar-refractivity contribution in [1.82, 2.24) is 10.2 Å². The van der Waals surface area contributed by atoms with Crippen LogP contribution in [0, 0.1) is 23.7 Å². The molecule has 4 rings (SSSR count). The van der Waals surface area contributed by atoms with Gasteiger partial charge in [-0.25, -0.2) is 0 Å². The monoisotopic (exact) mass is 248 g/mol. The molecule has 3 saturated carbocycles. The molecule has 102 valence electrons. The van der Waals surface area contributed by atoms with Crippen LogP contribution in [0.3, 0.4) is 0 Å². The van der Waals surface area contributed by atoms with Crippen LogP contribution in [-0.2, 0) is 0 Å². The molecular formula is C16H28N2. The third-order valence-corrected chi connectivity index (χ3v) is 5.76. The molecule has 1 saturated heterocycles. The van der Waals surface area contributed by atoms with E-state index in [1.807, 2.05) is 0 Å². The number of nitrogens with zero attached hydrogens (tertiary/aromatic N) is 1. The van der Waals surface area contributed by atoms with Gasteiger partial charge in [0.05, 0.1) is 0 Å². The second kappa shape index (κ2) is 4.79. The first kappa shape index (κ1) is 11.7. The molecule has 2 nitrogen and oxygen atoms in total. The largest absolute Gasteiger partial charge is 0.312 e. The van der Waals surface area contributed by atoms with Gasteiger partial charge in [0, 0.05) is 25.7 Å². The molecule has 0 aromatic rings. The SMILES string of the molecule is C1CC2CNC(CN(CC3CC3)CC3CC3)C2C1. The molecule has 3 aliphatic carbocycles. The first-order chi connectivity index (χ1) is 8.88. The van der Waals surface area contributed by atoms with Crippen molar-refractivity contribution in [2.24, 2.45) is 23.7 Å². The van der Waals surface area contributed by atoms with Crippen LogP contribution in [0.4, 0.5) is 0 Å². The van der Waals surface area contributed by atoms with E-state index in [1.165, 1.54) is 71.1 Å². The Labute approximate surface area is 111 Å². The number of hydrogen-bond acceptors (Lipinski definition) is 2. The van der Waals surface area contributed by atoms with Crippen LogP contribution in [0.15, 0.2) is 0 Å². The highest BCUT2D eigenvalue weighted by Crippen LogP contribution is 2.39. The number of hydrogen-bond donors (Lipinski definition) is 1.